The second-order valence-corrected chi connectivity index (χ2v) is 6.42. The van der Waals surface area contributed by atoms with Crippen molar-refractivity contribution in [1.82, 2.24) is 9.80 Å². The van der Waals surface area contributed by atoms with E-state index in [0.29, 0.717) is 5.56 Å². The molecule has 0 radical (unpaired) electrons. The second-order valence-electron chi connectivity index (χ2n) is 6.42. The Hall–Kier alpha value is -3.35. The van der Waals surface area contributed by atoms with Crippen molar-refractivity contribution in [2.75, 3.05) is 13.7 Å². The number of amides is 3. The molecular formula is C20H18N2O5. The minimum Gasteiger partial charge on any atom is -0.467 e. The number of fused-ring (bicyclic) bond motifs is 4. The van der Waals surface area contributed by atoms with Gasteiger partial charge in [-0.1, -0.05) is 54.6 Å². The van der Waals surface area contributed by atoms with Crippen LogP contribution in [-0.2, 0) is 20.9 Å². The number of imide groups is 1. The molecule has 2 aliphatic rings. The number of urea groups is 1. The summed E-state index contributed by atoms with van der Waals surface area (Å²) in [5.41, 5.74) is 2.26. The Kier molecular flexibility index (Phi) is 4.27. The highest BCUT2D eigenvalue weighted by Gasteiger charge is 2.53. The number of rotatable bonds is 3. The van der Waals surface area contributed by atoms with E-state index in [9.17, 15) is 14.4 Å². The normalized spacial score (nSPS) is 20.3. The van der Waals surface area contributed by atoms with Gasteiger partial charge in [-0.2, -0.15) is 0 Å². The predicted octanol–water partition coefficient (Wildman–Crippen LogP) is 3.03. The van der Waals surface area contributed by atoms with Crippen LogP contribution in [0, 0.1) is 0 Å². The van der Waals surface area contributed by atoms with Crippen LogP contribution in [0.25, 0.3) is 0 Å². The van der Waals surface area contributed by atoms with Crippen molar-refractivity contribution in [3.05, 3.63) is 71.3 Å². The van der Waals surface area contributed by atoms with E-state index in [4.69, 9.17) is 9.47 Å². The minimum absolute atomic E-state index is 0.0677. The fraction of sp³-hybridized carbons (Fsp3) is 0.250. The van der Waals surface area contributed by atoms with E-state index in [-0.39, 0.29) is 13.2 Å². The molecule has 4 rings (SSSR count). The molecule has 0 aliphatic carbocycles. The number of carbonyl (C=O) groups excluding carboxylic acids is 3. The van der Waals surface area contributed by atoms with Gasteiger partial charge in [0.15, 0.2) is 6.04 Å². The fourth-order valence-corrected chi connectivity index (χ4v) is 3.66. The SMILES string of the molecule is COC(=O)[C@H]1c2ccccc2[C@@H]2CN1C(=O)N2C(=O)OCc1ccccc1. The number of carbonyl (C=O) groups is 3. The maximum absolute atomic E-state index is 12.9. The van der Waals surface area contributed by atoms with Crippen LogP contribution in [0.5, 0.6) is 0 Å². The zero-order chi connectivity index (χ0) is 19.0. The lowest BCUT2D eigenvalue weighted by atomic mass is 9.91. The van der Waals surface area contributed by atoms with Crippen LogP contribution >= 0.6 is 0 Å². The number of esters is 1. The predicted molar refractivity (Wildman–Crippen MR) is 94.5 cm³/mol. The van der Waals surface area contributed by atoms with Gasteiger partial charge in [-0.25, -0.2) is 19.3 Å². The van der Waals surface area contributed by atoms with Gasteiger partial charge in [-0.15, -0.1) is 0 Å². The molecule has 2 atom stereocenters. The van der Waals surface area contributed by atoms with Crippen molar-refractivity contribution in [3.63, 3.8) is 0 Å². The first kappa shape index (κ1) is 17.1. The molecule has 0 unspecified atom stereocenters. The van der Waals surface area contributed by atoms with E-state index in [1.165, 1.54) is 12.0 Å². The van der Waals surface area contributed by atoms with Crippen LogP contribution in [0.1, 0.15) is 28.8 Å². The van der Waals surface area contributed by atoms with Crippen LogP contribution in [-0.4, -0.2) is 41.5 Å². The second kappa shape index (κ2) is 6.75. The average Bonchev–Trinajstić information content (AvgIpc) is 3.00. The summed E-state index contributed by atoms with van der Waals surface area (Å²) in [6.45, 7) is 0.300. The van der Waals surface area contributed by atoms with Crippen molar-refractivity contribution in [1.29, 1.82) is 0 Å². The van der Waals surface area contributed by atoms with Gasteiger partial charge < -0.3 is 14.4 Å². The number of ether oxygens (including phenoxy) is 2. The molecule has 1 saturated heterocycles. The van der Waals surface area contributed by atoms with E-state index >= 15 is 0 Å². The summed E-state index contributed by atoms with van der Waals surface area (Å²) < 4.78 is 10.2. The fourth-order valence-electron chi connectivity index (χ4n) is 3.66. The van der Waals surface area contributed by atoms with Crippen molar-refractivity contribution < 1.29 is 23.9 Å². The molecule has 0 spiro atoms. The molecule has 27 heavy (non-hydrogen) atoms. The lowest BCUT2D eigenvalue weighted by molar-refractivity contribution is -0.146. The molecule has 1 fully saturated rings. The van der Waals surface area contributed by atoms with Gasteiger partial charge in [0.1, 0.15) is 6.61 Å². The van der Waals surface area contributed by atoms with Crippen LogP contribution in [0.2, 0.25) is 0 Å². The molecular weight excluding hydrogens is 348 g/mol. The summed E-state index contributed by atoms with van der Waals surface area (Å²) in [5, 5.41) is 0. The maximum atomic E-state index is 12.9. The summed E-state index contributed by atoms with van der Waals surface area (Å²) in [7, 11) is 1.28. The van der Waals surface area contributed by atoms with Gasteiger partial charge in [-0.3, -0.25) is 0 Å². The molecule has 0 N–H and O–H groups in total. The Morgan fingerprint density at radius 2 is 1.70 bits per heavy atom. The topological polar surface area (TPSA) is 76.2 Å². The zero-order valence-electron chi connectivity index (χ0n) is 14.7. The third kappa shape index (κ3) is 2.81. The van der Waals surface area contributed by atoms with E-state index in [1.807, 2.05) is 42.5 Å². The lowest BCUT2D eigenvalue weighted by Gasteiger charge is -2.30. The monoisotopic (exact) mass is 366 g/mol. The molecule has 2 aromatic rings. The Morgan fingerprint density at radius 1 is 1.04 bits per heavy atom. The molecule has 2 bridgehead atoms. The highest BCUT2D eigenvalue weighted by molar-refractivity contribution is 5.97. The summed E-state index contributed by atoms with van der Waals surface area (Å²) in [6, 6.07) is 14.6. The first-order valence-corrected chi connectivity index (χ1v) is 8.59. The lowest BCUT2D eigenvalue weighted by Crippen LogP contribution is -2.39. The first-order valence-electron chi connectivity index (χ1n) is 8.59. The molecule has 138 valence electrons. The van der Waals surface area contributed by atoms with Gasteiger partial charge >= 0.3 is 18.1 Å². The molecule has 7 heteroatoms. The third-order valence-corrected chi connectivity index (χ3v) is 4.92. The van der Waals surface area contributed by atoms with Crippen LogP contribution in [0.3, 0.4) is 0 Å². The Balaban J connectivity index is 1.62. The Bertz CT molecular complexity index is 898. The number of nitrogens with zero attached hydrogens (tertiary/aromatic N) is 2. The minimum atomic E-state index is -0.859. The van der Waals surface area contributed by atoms with Gasteiger partial charge in [0.25, 0.3) is 0 Å². The number of hydrogen-bond donors (Lipinski definition) is 0. The van der Waals surface area contributed by atoms with E-state index in [2.05, 4.69) is 0 Å². The molecule has 7 nitrogen and oxygen atoms in total. The summed E-state index contributed by atoms with van der Waals surface area (Å²) >= 11 is 0. The van der Waals surface area contributed by atoms with Gasteiger partial charge in [-0.05, 0) is 16.7 Å². The number of methoxy groups -OCH3 is 1. The van der Waals surface area contributed by atoms with Crippen LogP contribution in [0.15, 0.2) is 54.6 Å². The highest BCUT2D eigenvalue weighted by atomic mass is 16.6. The summed E-state index contributed by atoms with van der Waals surface area (Å²) in [5.74, 6) is -0.534. The summed E-state index contributed by atoms with van der Waals surface area (Å²) in [4.78, 5) is 40.3. The quantitative estimate of drug-likeness (QED) is 0.781. The Labute approximate surface area is 156 Å². The standard InChI is InChI=1S/C20H18N2O5/c1-26-18(23)17-15-10-6-5-9-14(15)16-11-21(17)19(24)22(16)20(25)27-12-13-7-3-2-4-8-13/h2-10,16-17H,11-12H2,1H3/t16-,17+/m0/s1. The van der Waals surface area contributed by atoms with Gasteiger partial charge in [0.2, 0.25) is 0 Å². The molecule has 2 heterocycles. The molecule has 0 aromatic heterocycles. The van der Waals surface area contributed by atoms with Gasteiger partial charge in [0, 0.05) is 6.54 Å². The first-order chi connectivity index (χ1) is 13.1. The van der Waals surface area contributed by atoms with Crippen LogP contribution < -0.4 is 0 Å². The van der Waals surface area contributed by atoms with E-state index in [1.54, 1.807) is 12.1 Å². The van der Waals surface area contributed by atoms with E-state index < -0.39 is 30.2 Å². The third-order valence-electron chi connectivity index (χ3n) is 4.92. The van der Waals surface area contributed by atoms with Crippen molar-refractivity contribution >= 4 is 18.1 Å². The van der Waals surface area contributed by atoms with Crippen molar-refractivity contribution in [2.45, 2.75) is 18.7 Å². The molecule has 2 aromatic carbocycles. The molecule has 2 aliphatic heterocycles. The molecule has 0 saturated carbocycles. The van der Waals surface area contributed by atoms with Crippen molar-refractivity contribution in [2.24, 2.45) is 0 Å². The maximum Gasteiger partial charge on any atom is 0.418 e. The smallest absolute Gasteiger partial charge is 0.418 e. The van der Waals surface area contributed by atoms with Crippen LogP contribution in [0.4, 0.5) is 9.59 Å². The average molecular weight is 366 g/mol. The van der Waals surface area contributed by atoms with E-state index in [0.717, 1.165) is 16.0 Å². The van der Waals surface area contributed by atoms with Crippen molar-refractivity contribution in [3.8, 4) is 0 Å². The zero-order valence-corrected chi connectivity index (χ0v) is 14.7. The number of benzene rings is 2. The molecule has 3 amide bonds. The Morgan fingerprint density at radius 3 is 2.41 bits per heavy atom. The largest absolute Gasteiger partial charge is 0.467 e. The summed E-state index contributed by atoms with van der Waals surface area (Å²) in [6.07, 6.45) is -0.725. The number of hydrogen-bond acceptors (Lipinski definition) is 5. The van der Waals surface area contributed by atoms with Gasteiger partial charge in [0.05, 0.1) is 13.2 Å². The highest BCUT2D eigenvalue weighted by Crippen LogP contribution is 2.44.